The Morgan fingerprint density at radius 3 is 2.60 bits per heavy atom. The highest BCUT2D eigenvalue weighted by Gasteiger charge is 2.42. The number of fused-ring (bicyclic) bond motifs is 1. The molecule has 4 nitrogen and oxygen atoms in total. The zero-order valence-corrected chi connectivity index (χ0v) is 12.5. The van der Waals surface area contributed by atoms with Gasteiger partial charge in [0.05, 0.1) is 5.69 Å². The van der Waals surface area contributed by atoms with E-state index in [1.54, 1.807) is 6.92 Å². The van der Waals surface area contributed by atoms with Crippen LogP contribution < -0.4 is 5.84 Å². The van der Waals surface area contributed by atoms with Crippen molar-refractivity contribution >= 4 is 27.5 Å². The molecule has 0 fully saturated rings. The second-order valence-electron chi connectivity index (χ2n) is 4.73. The van der Waals surface area contributed by atoms with Gasteiger partial charge in [-0.3, -0.25) is 5.01 Å². The molecule has 3 N–H and O–H groups in total. The fourth-order valence-electron chi connectivity index (χ4n) is 2.44. The first-order valence-corrected chi connectivity index (χ1v) is 7.01. The summed E-state index contributed by atoms with van der Waals surface area (Å²) in [4.78, 5) is 4.43. The molecule has 0 aliphatic carbocycles. The van der Waals surface area contributed by atoms with Crippen LogP contribution in [0, 0.1) is 0 Å². The van der Waals surface area contributed by atoms with Gasteiger partial charge >= 0.3 is 0 Å². The van der Waals surface area contributed by atoms with E-state index in [1.165, 1.54) is 5.01 Å². The number of aliphatic hydroxyl groups is 1. The minimum Gasteiger partial charge on any atom is -0.362 e. The van der Waals surface area contributed by atoms with Crippen molar-refractivity contribution in [3.63, 3.8) is 0 Å². The molecule has 1 unspecified atom stereocenters. The summed E-state index contributed by atoms with van der Waals surface area (Å²) in [6.07, 6.45) is 0. The van der Waals surface area contributed by atoms with Crippen LogP contribution in [0.5, 0.6) is 0 Å². The summed E-state index contributed by atoms with van der Waals surface area (Å²) in [6, 6.07) is 15.0. The smallest absolute Gasteiger partial charge is 0.207 e. The Kier molecular flexibility index (Phi) is 3.12. The normalized spacial score (nSPS) is 21.4. The summed E-state index contributed by atoms with van der Waals surface area (Å²) in [5.41, 5.74) is 0.660. The fourth-order valence-corrected chi connectivity index (χ4v) is 2.80. The van der Waals surface area contributed by atoms with Gasteiger partial charge in [0, 0.05) is 15.6 Å². The molecule has 20 heavy (non-hydrogen) atoms. The van der Waals surface area contributed by atoms with E-state index in [0.717, 1.165) is 10.2 Å². The van der Waals surface area contributed by atoms with E-state index in [9.17, 15) is 5.11 Å². The molecule has 1 aliphatic rings. The summed E-state index contributed by atoms with van der Waals surface area (Å²) < 4.78 is 0.869. The molecule has 2 aromatic rings. The van der Waals surface area contributed by atoms with Crippen LogP contribution in [0.2, 0.25) is 0 Å². The van der Waals surface area contributed by atoms with E-state index < -0.39 is 5.72 Å². The van der Waals surface area contributed by atoms with E-state index in [0.29, 0.717) is 17.0 Å². The average Bonchev–Trinajstić information content (AvgIpc) is 2.47. The second kappa shape index (κ2) is 4.70. The van der Waals surface area contributed by atoms with Gasteiger partial charge < -0.3 is 5.11 Å². The largest absolute Gasteiger partial charge is 0.362 e. The molecule has 3 rings (SSSR count). The highest BCUT2D eigenvalue weighted by Crippen LogP contribution is 2.41. The van der Waals surface area contributed by atoms with Gasteiger partial charge in [0.25, 0.3) is 0 Å². The molecule has 0 aromatic heterocycles. The molecule has 1 atom stereocenters. The number of benzene rings is 2. The van der Waals surface area contributed by atoms with Crippen molar-refractivity contribution in [1.29, 1.82) is 0 Å². The van der Waals surface area contributed by atoms with Crippen LogP contribution in [0.4, 0.5) is 5.69 Å². The predicted octanol–water partition coefficient (Wildman–Crippen LogP) is 2.88. The lowest BCUT2D eigenvalue weighted by molar-refractivity contribution is -0.0411. The van der Waals surface area contributed by atoms with Crippen molar-refractivity contribution in [2.45, 2.75) is 12.6 Å². The molecule has 0 amide bonds. The summed E-state index contributed by atoms with van der Waals surface area (Å²) in [5, 5.41) is 12.6. The number of nitrogens with zero attached hydrogens (tertiary/aromatic N) is 2. The number of amidine groups is 1. The van der Waals surface area contributed by atoms with Crippen LogP contribution in [0.25, 0.3) is 0 Å². The molecule has 1 heterocycles. The molecule has 0 saturated heterocycles. The maximum Gasteiger partial charge on any atom is 0.207 e. The third-order valence-electron chi connectivity index (χ3n) is 3.49. The third kappa shape index (κ3) is 1.86. The number of rotatable bonds is 1. The molecule has 2 aromatic carbocycles. The fraction of sp³-hybridized carbons (Fsp3) is 0.133. The topological polar surface area (TPSA) is 61.9 Å². The van der Waals surface area contributed by atoms with E-state index in [-0.39, 0.29) is 0 Å². The average molecular weight is 332 g/mol. The van der Waals surface area contributed by atoms with Crippen molar-refractivity contribution in [3.8, 4) is 0 Å². The molecular weight excluding hydrogens is 318 g/mol. The van der Waals surface area contributed by atoms with Crippen LogP contribution >= 0.6 is 15.9 Å². The van der Waals surface area contributed by atoms with Gasteiger partial charge in [-0.25, -0.2) is 10.8 Å². The van der Waals surface area contributed by atoms with Crippen LogP contribution in [0.1, 0.15) is 18.1 Å². The summed E-state index contributed by atoms with van der Waals surface area (Å²) in [6.45, 7) is 1.78. The molecule has 0 spiro atoms. The minimum absolute atomic E-state index is 0.561. The predicted molar refractivity (Wildman–Crippen MR) is 82.4 cm³/mol. The van der Waals surface area contributed by atoms with E-state index in [4.69, 9.17) is 5.84 Å². The number of hydrazine groups is 1. The Morgan fingerprint density at radius 2 is 1.90 bits per heavy atom. The number of nitrogens with two attached hydrogens (primary N) is 1. The van der Waals surface area contributed by atoms with Crippen LogP contribution in [0.15, 0.2) is 58.0 Å². The summed E-state index contributed by atoms with van der Waals surface area (Å²) in [7, 11) is 0. The van der Waals surface area contributed by atoms with E-state index >= 15 is 0 Å². The highest BCUT2D eigenvalue weighted by atomic mass is 79.9. The quantitative estimate of drug-likeness (QED) is 0.790. The van der Waals surface area contributed by atoms with Crippen molar-refractivity contribution in [3.05, 3.63) is 64.1 Å². The lowest BCUT2D eigenvalue weighted by Crippen LogP contribution is -2.55. The monoisotopic (exact) mass is 331 g/mol. The molecule has 0 radical (unpaired) electrons. The second-order valence-corrected chi connectivity index (χ2v) is 5.64. The first kappa shape index (κ1) is 13.3. The van der Waals surface area contributed by atoms with Crippen molar-refractivity contribution in [2.75, 3.05) is 0 Å². The molecular formula is C15H14BrN3O. The number of aliphatic imine (C=N–C) groups is 1. The van der Waals surface area contributed by atoms with Crippen LogP contribution in [-0.2, 0) is 5.72 Å². The van der Waals surface area contributed by atoms with Gasteiger partial charge in [0.1, 0.15) is 5.84 Å². The minimum atomic E-state index is -1.42. The van der Waals surface area contributed by atoms with Gasteiger partial charge in [-0.1, -0.05) is 46.3 Å². The third-order valence-corrected chi connectivity index (χ3v) is 3.98. The van der Waals surface area contributed by atoms with Crippen molar-refractivity contribution < 1.29 is 5.11 Å². The van der Waals surface area contributed by atoms with Gasteiger partial charge in [-0.2, -0.15) is 0 Å². The maximum absolute atomic E-state index is 11.3. The van der Waals surface area contributed by atoms with Crippen molar-refractivity contribution in [1.82, 2.24) is 5.01 Å². The van der Waals surface area contributed by atoms with E-state index in [2.05, 4.69) is 20.9 Å². The standard InChI is InChI=1S/C15H14BrN3O/c1-10-18-14-8-7-12(16)9-13(14)15(20,19(10)17)11-5-3-2-4-6-11/h2-9,20H,17H2,1H3. The molecule has 0 saturated carbocycles. The first-order valence-electron chi connectivity index (χ1n) is 6.21. The number of hydrogen-bond donors (Lipinski definition) is 2. The van der Waals surface area contributed by atoms with Gasteiger partial charge in [-0.05, 0) is 25.1 Å². The lowest BCUT2D eigenvalue weighted by atomic mass is 9.91. The van der Waals surface area contributed by atoms with Gasteiger partial charge in [-0.15, -0.1) is 0 Å². The Morgan fingerprint density at radius 1 is 1.20 bits per heavy atom. The van der Waals surface area contributed by atoms with Gasteiger partial charge in [0.15, 0.2) is 0 Å². The highest BCUT2D eigenvalue weighted by molar-refractivity contribution is 9.10. The Hall–Kier alpha value is -1.69. The molecule has 0 bridgehead atoms. The van der Waals surface area contributed by atoms with Crippen LogP contribution in [0.3, 0.4) is 0 Å². The molecule has 1 aliphatic heterocycles. The van der Waals surface area contributed by atoms with Crippen molar-refractivity contribution in [2.24, 2.45) is 10.8 Å². The van der Waals surface area contributed by atoms with Gasteiger partial charge in [0.2, 0.25) is 5.72 Å². The molecule has 5 heteroatoms. The summed E-state index contributed by atoms with van der Waals surface area (Å²) >= 11 is 3.43. The Labute approximate surface area is 125 Å². The summed E-state index contributed by atoms with van der Waals surface area (Å²) in [5.74, 6) is 6.65. The number of halogens is 1. The molecule has 102 valence electrons. The Balaban J connectivity index is 2.30. The van der Waals surface area contributed by atoms with E-state index in [1.807, 2.05) is 48.5 Å². The van der Waals surface area contributed by atoms with Crippen LogP contribution in [-0.4, -0.2) is 16.0 Å². The first-order chi connectivity index (χ1) is 9.53. The number of hydrogen-bond acceptors (Lipinski definition) is 4. The lowest BCUT2D eigenvalue weighted by Gasteiger charge is -2.41. The SMILES string of the molecule is CC1=Nc2ccc(Br)cc2C(O)(c2ccccc2)N1N. The maximum atomic E-state index is 11.3. The zero-order chi connectivity index (χ0) is 14.3. The zero-order valence-electron chi connectivity index (χ0n) is 10.9. The Bertz CT molecular complexity index is 687.